The fourth-order valence-corrected chi connectivity index (χ4v) is 7.71. The number of benzene rings is 6. The molecule has 1 heteroatoms. The largest absolute Gasteiger partial charge is 0.135 e. The molecular weight excluding hydrogens is 452 g/mol. The molecule has 0 aliphatic heterocycles. The van der Waals surface area contributed by atoms with Crippen LogP contribution in [0.15, 0.2) is 109 Å². The molecule has 0 atom stereocenters. The van der Waals surface area contributed by atoms with E-state index in [2.05, 4.69) is 123 Å². The van der Waals surface area contributed by atoms with E-state index in [4.69, 9.17) is 0 Å². The second kappa shape index (κ2) is 7.06. The van der Waals surface area contributed by atoms with E-state index in [9.17, 15) is 0 Å². The maximum absolute atomic E-state index is 2.43. The first-order valence-corrected chi connectivity index (χ1v) is 13.4. The molecule has 1 aliphatic rings. The molecular formula is C35H24S. The molecule has 36 heavy (non-hydrogen) atoms. The number of hydrogen-bond acceptors (Lipinski definition) is 1. The number of hydrogen-bond donors (Lipinski definition) is 0. The maximum atomic E-state index is 2.43. The van der Waals surface area contributed by atoms with Crippen LogP contribution in [0.2, 0.25) is 0 Å². The zero-order valence-electron chi connectivity index (χ0n) is 20.3. The van der Waals surface area contributed by atoms with Crippen LogP contribution in [0.4, 0.5) is 0 Å². The summed E-state index contributed by atoms with van der Waals surface area (Å²) in [5.74, 6) is 0. The molecule has 1 heterocycles. The minimum atomic E-state index is 0.0102. The summed E-state index contributed by atoms with van der Waals surface area (Å²) in [6.07, 6.45) is 0. The lowest BCUT2D eigenvalue weighted by Gasteiger charge is -2.22. The molecule has 0 saturated heterocycles. The van der Waals surface area contributed by atoms with E-state index in [1.807, 2.05) is 11.3 Å². The Labute approximate surface area is 214 Å². The second-order valence-electron chi connectivity index (χ2n) is 10.5. The molecule has 1 aromatic heterocycles. The fraction of sp³-hybridized carbons (Fsp3) is 0.0857. The molecule has 0 N–H and O–H groups in total. The summed E-state index contributed by atoms with van der Waals surface area (Å²) in [4.78, 5) is 0. The minimum Gasteiger partial charge on any atom is -0.135 e. The van der Waals surface area contributed by atoms with Gasteiger partial charge in [-0.3, -0.25) is 0 Å². The quantitative estimate of drug-likeness (QED) is 0.207. The Kier molecular flexibility index (Phi) is 3.97. The van der Waals surface area contributed by atoms with Crippen molar-refractivity contribution in [3.05, 3.63) is 120 Å². The molecule has 0 fully saturated rings. The lowest BCUT2D eigenvalue weighted by atomic mass is 9.81. The van der Waals surface area contributed by atoms with Crippen molar-refractivity contribution < 1.29 is 0 Å². The lowest BCUT2D eigenvalue weighted by molar-refractivity contribution is 0.660. The van der Waals surface area contributed by atoms with Crippen LogP contribution in [0.1, 0.15) is 25.0 Å². The van der Waals surface area contributed by atoms with Gasteiger partial charge < -0.3 is 0 Å². The SMILES string of the molecule is CC1(C)c2ccccc2-c2ccc(-c3ccc4sc5c6ccccc6c6ccccc6c5c4c3)cc21. The Morgan fingerprint density at radius 2 is 1.11 bits per heavy atom. The van der Waals surface area contributed by atoms with Crippen molar-refractivity contribution >= 4 is 53.1 Å². The van der Waals surface area contributed by atoms with Gasteiger partial charge in [-0.2, -0.15) is 0 Å². The van der Waals surface area contributed by atoms with Gasteiger partial charge >= 0.3 is 0 Å². The van der Waals surface area contributed by atoms with Crippen LogP contribution in [0.3, 0.4) is 0 Å². The zero-order valence-corrected chi connectivity index (χ0v) is 21.1. The molecule has 0 unspecified atom stereocenters. The summed E-state index contributed by atoms with van der Waals surface area (Å²) < 4.78 is 2.74. The molecule has 0 radical (unpaired) electrons. The van der Waals surface area contributed by atoms with Crippen molar-refractivity contribution in [1.82, 2.24) is 0 Å². The summed E-state index contributed by atoms with van der Waals surface area (Å²) >= 11 is 1.92. The third-order valence-corrected chi connectivity index (χ3v) is 9.47. The average Bonchev–Trinajstić information content (AvgIpc) is 3.42. The van der Waals surface area contributed by atoms with Gasteiger partial charge in [-0.25, -0.2) is 0 Å². The van der Waals surface area contributed by atoms with Crippen LogP contribution in [0.25, 0.3) is 64.0 Å². The monoisotopic (exact) mass is 476 g/mol. The first-order chi connectivity index (χ1) is 17.6. The van der Waals surface area contributed by atoms with E-state index in [1.54, 1.807) is 0 Å². The van der Waals surface area contributed by atoms with Crippen molar-refractivity contribution in [2.45, 2.75) is 19.3 Å². The number of rotatable bonds is 1. The van der Waals surface area contributed by atoms with Gasteiger partial charge in [0, 0.05) is 31.0 Å². The molecule has 8 rings (SSSR count). The zero-order chi connectivity index (χ0) is 24.0. The van der Waals surface area contributed by atoms with Crippen LogP contribution in [-0.2, 0) is 5.41 Å². The van der Waals surface area contributed by atoms with Gasteiger partial charge in [-0.05, 0) is 67.7 Å². The topological polar surface area (TPSA) is 0 Å². The van der Waals surface area contributed by atoms with Gasteiger partial charge in [0.05, 0.1) is 0 Å². The van der Waals surface area contributed by atoms with Gasteiger partial charge in [0.15, 0.2) is 0 Å². The molecule has 1 aliphatic carbocycles. The van der Waals surface area contributed by atoms with Crippen molar-refractivity contribution in [2.75, 3.05) is 0 Å². The number of fused-ring (bicyclic) bond motifs is 11. The Balaban J connectivity index is 1.40. The number of thiophene rings is 1. The predicted octanol–water partition coefficient (Wildman–Crippen LogP) is 10.3. The summed E-state index contributed by atoms with van der Waals surface area (Å²) in [6.45, 7) is 4.71. The van der Waals surface area contributed by atoms with Crippen LogP contribution in [-0.4, -0.2) is 0 Å². The van der Waals surface area contributed by atoms with E-state index < -0.39 is 0 Å². The molecule has 0 nitrogen and oxygen atoms in total. The minimum absolute atomic E-state index is 0.0102. The van der Waals surface area contributed by atoms with Gasteiger partial charge in [-0.15, -0.1) is 11.3 Å². The van der Waals surface area contributed by atoms with E-state index in [0.29, 0.717) is 0 Å². The Morgan fingerprint density at radius 1 is 0.500 bits per heavy atom. The van der Waals surface area contributed by atoms with Gasteiger partial charge in [0.1, 0.15) is 0 Å². The predicted molar refractivity (Wildman–Crippen MR) is 157 cm³/mol. The summed E-state index contributed by atoms with van der Waals surface area (Å²) in [7, 11) is 0. The van der Waals surface area contributed by atoms with Gasteiger partial charge in [-0.1, -0.05) is 105 Å². The molecule has 6 aromatic carbocycles. The Hall–Kier alpha value is -3.94. The molecule has 0 spiro atoms. The van der Waals surface area contributed by atoms with Crippen LogP contribution < -0.4 is 0 Å². The lowest BCUT2D eigenvalue weighted by Crippen LogP contribution is -2.14. The van der Waals surface area contributed by atoms with E-state index >= 15 is 0 Å². The molecule has 0 bridgehead atoms. The fourth-order valence-electron chi connectivity index (χ4n) is 6.47. The first kappa shape index (κ1) is 20.3. The molecule has 7 aromatic rings. The van der Waals surface area contributed by atoms with E-state index in [0.717, 1.165) is 0 Å². The highest BCUT2D eigenvalue weighted by molar-refractivity contribution is 7.27. The third kappa shape index (κ3) is 2.59. The summed E-state index contributed by atoms with van der Waals surface area (Å²) in [5, 5.41) is 8.12. The standard InChI is InChI=1S/C35H24S/c1-35(2)30-14-8-7-11-25(30)26-17-15-22(20-31(26)35)21-16-18-32-29(19-21)33-27-12-5-3-9-23(27)24-10-4-6-13-28(24)34(33)36-32/h3-20H,1-2H3. The molecule has 170 valence electrons. The first-order valence-electron chi connectivity index (χ1n) is 12.6. The highest BCUT2D eigenvalue weighted by Crippen LogP contribution is 2.50. The van der Waals surface area contributed by atoms with Crippen LogP contribution in [0, 0.1) is 0 Å². The van der Waals surface area contributed by atoms with Crippen molar-refractivity contribution in [2.24, 2.45) is 0 Å². The Bertz CT molecular complexity index is 2020. The van der Waals surface area contributed by atoms with Crippen molar-refractivity contribution in [1.29, 1.82) is 0 Å². The van der Waals surface area contributed by atoms with Crippen molar-refractivity contribution in [3.8, 4) is 22.3 Å². The smallest absolute Gasteiger partial charge is 0.0440 e. The van der Waals surface area contributed by atoms with E-state index in [1.165, 1.54) is 75.1 Å². The molecule has 0 amide bonds. The van der Waals surface area contributed by atoms with E-state index in [-0.39, 0.29) is 5.41 Å². The van der Waals surface area contributed by atoms with Gasteiger partial charge in [0.2, 0.25) is 0 Å². The Morgan fingerprint density at radius 3 is 1.94 bits per heavy atom. The normalized spacial score (nSPS) is 14.1. The second-order valence-corrected chi connectivity index (χ2v) is 11.6. The average molecular weight is 477 g/mol. The third-order valence-electron chi connectivity index (χ3n) is 8.26. The van der Waals surface area contributed by atoms with Crippen molar-refractivity contribution in [3.63, 3.8) is 0 Å². The maximum Gasteiger partial charge on any atom is 0.0440 e. The van der Waals surface area contributed by atoms with Crippen LogP contribution in [0.5, 0.6) is 0 Å². The van der Waals surface area contributed by atoms with Crippen LogP contribution >= 0.6 is 11.3 Å². The highest BCUT2D eigenvalue weighted by atomic mass is 32.1. The summed E-state index contributed by atoms with van der Waals surface area (Å²) in [6, 6.07) is 40.7. The van der Waals surface area contributed by atoms with Gasteiger partial charge in [0.25, 0.3) is 0 Å². The molecule has 0 saturated carbocycles. The highest BCUT2D eigenvalue weighted by Gasteiger charge is 2.35. The summed E-state index contributed by atoms with van der Waals surface area (Å²) in [5.41, 5.74) is 8.19.